The normalized spacial score (nSPS) is 12.2. The number of benzene rings is 1. The lowest BCUT2D eigenvalue weighted by atomic mass is 10.1. The second-order valence-electron chi connectivity index (χ2n) is 4.44. The third-order valence-corrected chi connectivity index (χ3v) is 2.39. The summed E-state index contributed by atoms with van der Waals surface area (Å²) in [6.07, 6.45) is 1.88. The van der Waals surface area contributed by atoms with E-state index in [1.54, 1.807) is 13.8 Å². The van der Waals surface area contributed by atoms with E-state index in [4.69, 9.17) is 5.73 Å². The smallest absolute Gasteiger partial charge is 0.123 e. The number of aromatic nitrogens is 1. The number of alkyl halides is 1. The van der Waals surface area contributed by atoms with E-state index in [9.17, 15) is 4.39 Å². The van der Waals surface area contributed by atoms with Crippen molar-refractivity contribution in [2.24, 2.45) is 0 Å². The van der Waals surface area contributed by atoms with Crippen molar-refractivity contribution < 1.29 is 4.39 Å². The summed E-state index contributed by atoms with van der Waals surface area (Å²) in [6, 6.07) is 7.63. The van der Waals surface area contributed by atoms with Crippen LogP contribution in [0.2, 0.25) is 0 Å². The highest BCUT2D eigenvalue weighted by Crippen LogP contribution is 2.24. The summed E-state index contributed by atoms with van der Waals surface area (Å²) in [5.41, 5.74) is 6.34. The number of nitrogens with two attached hydrogens (primary N) is 1. The molecule has 1 aromatic heterocycles. The third-order valence-electron chi connectivity index (χ3n) is 2.39. The largest absolute Gasteiger partial charge is 0.398 e. The summed E-state index contributed by atoms with van der Waals surface area (Å²) in [7, 11) is 0. The molecule has 2 rings (SSSR count). The fraction of sp³-hybridized carbons (Fsp3) is 0.333. The highest BCUT2D eigenvalue weighted by molar-refractivity contribution is 5.91. The van der Waals surface area contributed by atoms with Crippen molar-refractivity contribution in [3.63, 3.8) is 0 Å². The second-order valence-corrected chi connectivity index (χ2v) is 4.44. The number of hydrogen-bond donors (Lipinski definition) is 1. The van der Waals surface area contributed by atoms with Crippen molar-refractivity contribution in [1.29, 1.82) is 0 Å². The van der Waals surface area contributed by atoms with Gasteiger partial charge in [0, 0.05) is 17.3 Å². The minimum atomic E-state index is -1.21. The molecule has 0 atom stereocenters. The Kier molecular flexibility index (Phi) is 2.18. The molecule has 3 heteroatoms. The highest BCUT2D eigenvalue weighted by atomic mass is 19.1. The Labute approximate surface area is 88.5 Å². The van der Waals surface area contributed by atoms with E-state index >= 15 is 0 Å². The molecule has 0 aliphatic carbocycles. The predicted octanol–water partition coefficient (Wildman–Crippen LogP) is 2.97. The molecule has 2 N–H and O–H groups in total. The van der Waals surface area contributed by atoms with Crippen LogP contribution in [0.3, 0.4) is 0 Å². The van der Waals surface area contributed by atoms with Gasteiger partial charge in [0.25, 0.3) is 0 Å². The van der Waals surface area contributed by atoms with E-state index in [2.05, 4.69) is 0 Å². The van der Waals surface area contributed by atoms with Gasteiger partial charge in [0.15, 0.2) is 0 Å². The number of anilines is 1. The Hall–Kier alpha value is -1.51. The summed E-state index contributed by atoms with van der Waals surface area (Å²) < 4.78 is 15.4. The number of nitrogens with zero attached hydrogens (tertiary/aromatic N) is 1. The molecule has 15 heavy (non-hydrogen) atoms. The van der Waals surface area contributed by atoms with E-state index in [1.807, 2.05) is 35.0 Å². The Morgan fingerprint density at radius 2 is 2.07 bits per heavy atom. The van der Waals surface area contributed by atoms with Gasteiger partial charge in [-0.1, -0.05) is 6.07 Å². The first-order valence-electron chi connectivity index (χ1n) is 5.00. The third kappa shape index (κ3) is 1.96. The maximum absolute atomic E-state index is 13.5. The molecule has 0 radical (unpaired) electrons. The summed E-state index contributed by atoms with van der Waals surface area (Å²) in [5, 5.41) is 0.988. The fourth-order valence-electron chi connectivity index (χ4n) is 1.79. The van der Waals surface area contributed by atoms with Crippen molar-refractivity contribution in [3.05, 3.63) is 30.5 Å². The topological polar surface area (TPSA) is 30.9 Å². The number of fused-ring (bicyclic) bond motifs is 1. The van der Waals surface area contributed by atoms with Crippen molar-refractivity contribution in [3.8, 4) is 0 Å². The van der Waals surface area contributed by atoms with Crippen LogP contribution in [0.5, 0.6) is 0 Å². The fourth-order valence-corrected chi connectivity index (χ4v) is 1.79. The first kappa shape index (κ1) is 10.0. The molecule has 0 amide bonds. The zero-order valence-electron chi connectivity index (χ0n) is 9.00. The maximum atomic E-state index is 13.5. The highest BCUT2D eigenvalue weighted by Gasteiger charge is 2.17. The van der Waals surface area contributed by atoms with Crippen molar-refractivity contribution in [2.45, 2.75) is 26.1 Å². The molecule has 0 spiro atoms. The lowest BCUT2D eigenvalue weighted by molar-refractivity contribution is 0.188. The molecule has 0 bridgehead atoms. The van der Waals surface area contributed by atoms with Crippen molar-refractivity contribution >= 4 is 16.6 Å². The van der Waals surface area contributed by atoms with Crippen LogP contribution in [0.15, 0.2) is 30.5 Å². The van der Waals surface area contributed by atoms with E-state index < -0.39 is 5.67 Å². The molecule has 0 saturated carbocycles. The second kappa shape index (κ2) is 3.26. The Morgan fingerprint density at radius 3 is 2.73 bits per heavy atom. The van der Waals surface area contributed by atoms with Crippen molar-refractivity contribution in [2.75, 3.05) is 5.73 Å². The van der Waals surface area contributed by atoms with Crippen LogP contribution in [0.4, 0.5) is 10.1 Å². The van der Waals surface area contributed by atoms with Crippen LogP contribution in [0.25, 0.3) is 10.9 Å². The molecular weight excluding hydrogens is 191 g/mol. The molecule has 2 nitrogen and oxygen atoms in total. The van der Waals surface area contributed by atoms with Crippen LogP contribution in [-0.2, 0) is 6.54 Å². The molecule has 0 saturated heterocycles. The molecule has 0 aliphatic rings. The molecule has 1 aromatic carbocycles. The molecule has 0 aliphatic heterocycles. The molecular formula is C12H15FN2. The van der Waals surface area contributed by atoms with Gasteiger partial charge in [0.1, 0.15) is 5.67 Å². The Bertz CT molecular complexity index is 480. The summed E-state index contributed by atoms with van der Waals surface area (Å²) in [6.45, 7) is 3.50. The van der Waals surface area contributed by atoms with Gasteiger partial charge in [-0.25, -0.2) is 4.39 Å². The zero-order chi connectivity index (χ0) is 11.1. The molecule has 0 unspecified atom stereocenters. The predicted molar refractivity (Wildman–Crippen MR) is 61.5 cm³/mol. The van der Waals surface area contributed by atoms with Crippen LogP contribution >= 0.6 is 0 Å². The summed E-state index contributed by atoms with van der Waals surface area (Å²) in [5.74, 6) is 0. The quantitative estimate of drug-likeness (QED) is 0.752. The van der Waals surface area contributed by atoms with Gasteiger partial charge in [-0.15, -0.1) is 0 Å². The average molecular weight is 206 g/mol. The first-order chi connectivity index (χ1) is 6.97. The van der Waals surface area contributed by atoms with Crippen LogP contribution in [-0.4, -0.2) is 10.2 Å². The molecule has 2 aromatic rings. The van der Waals surface area contributed by atoms with Gasteiger partial charge >= 0.3 is 0 Å². The number of halogens is 1. The van der Waals surface area contributed by atoms with E-state index in [1.165, 1.54) is 0 Å². The number of hydrogen-bond acceptors (Lipinski definition) is 1. The molecule has 80 valence electrons. The minimum absolute atomic E-state index is 0.347. The minimum Gasteiger partial charge on any atom is -0.398 e. The van der Waals surface area contributed by atoms with E-state index in [0.29, 0.717) is 6.54 Å². The maximum Gasteiger partial charge on any atom is 0.123 e. The van der Waals surface area contributed by atoms with Gasteiger partial charge < -0.3 is 10.3 Å². The van der Waals surface area contributed by atoms with Gasteiger partial charge in [0.05, 0.1) is 12.1 Å². The van der Waals surface area contributed by atoms with Crippen LogP contribution < -0.4 is 5.73 Å². The van der Waals surface area contributed by atoms with Crippen LogP contribution in [0.1, 0.15) is 13.8 Å². The van der Waals surface area contributed by atoms with E-state index in [-0.39, 0.29) is 0 Å². The average Bonchev–Trinajstić information content (AvgIpc) is 2.48. The number of nitrogen functional groups attached to an aromatic ring is 1. The summed E-state index contributed by atoms with van der Waals surface area (Å²) >= 11 is 0. The SMILES string of the molecule is CC(C)(F)Cn1ccc2c(N)cccc21. The van der Waals surface area contributed by atoms with Gasteiger partial charge in [0.2, 0.25) is 0 Å². The van der Waals surface area contributed by atoms with Gasteiger partial charge in [-0.05, 0) is 32.0 Å². The Morgan fingerprint density at radius 1 is 1.33 bits per heavy atom. The first-order valence-corrected chi connectivity index (χ1v) is 5.00. The van der Waals surface area contributed by atoms with Gasteiger partial charge in [-0.2, -0.15) is 0 Å². The van der Waals surface area contributed by atoms with Crippen molar-refractivity contribution in [1.82, 2.24) is 4.57 Å². The van der Waals surface area contributed by atoms with Crippen LogP contribution in [0, 0.1) is 0 Å². The zero-order valence-corrected chi connectivity index (χ0v) is 9.00. The Balaban J connectivity index is 2.50. The standard InChI is InChI=1S/C12H15FN2/c1-12(2,13)8-15-7-6-9-10(14)4-3-5-11(9)15/h3-7H,8,14H2,1-2H3. The lowest BCUT2D eigenvalue weighted by Crippen LogP contribution is -2.20. The van der Waals surface area contributed by atoms with Gasteiger partial charge in [-0.3, -0.25) is 0 Å². The number of rotatable bonds is 2. The monoisotopic (exact) mass is 206 g/mol. The lowest BCUT2D eigenvalue weighted by Gasteiger charge is -2.15. The molecule has 0 fully saturated rings. The molecule has 1 heterocycles. The summed E-state index contributed by atoms with van der Waals surface area (Å²) in [4.78, 5) is 0. The van der Waals surface area contributed by atoms with E-state index in [0.717, 1.165) is 16.6 Å².